The molecule has 0 saturated heterocycles. The minimum Gasteiger partial charge on any atom is -0.406 e. The lowest BCUT2D eigenvalue weighted by Gasteiger charge is -2.26. The van der Waals surface area contributed by atoms with Gasteiger partial charge in [0.1, 0.15) is 5.75 Å². The highest BCUT2D eigenvalue weighted by atomic mass is 32.2. The third kappa shape index (κ3) is 5.66. The number of halogens is 3. The maximum atomic E-state index is 12.7. The third-order valence-corrected chi connectivity index (χ3v) is 6.99. The molecule has 0 atom stereocenters. The molecule has 0 aliphatic carbocycles. The molecule has 0 spiro atoms. The Balaban J connectivity index is 1.60. The Bertz CT molecular complexity index is 947. The molecule has 1 aliphatic rings. The van der Waals surface area contributed by atoms with E-state index in [-0.39, 0.29) is 4.90 Å². The second kappa shape index (κ2) is 9.26. The minimum absolute atomic E-state index is 0.0698. The Labute approximate surface area is 175 Å². The van der Waals surface area contributed by atoms with Crippen LogP contribution in [-0.2, 0) is 16.4 Å². The summed E-state index contributed by atoms with van der Waals surface area (Å²) in [4.78, 5) is 2.23. The van der Waals surface area contributed by atoms with E-state index >= 15 is 0 Å². The molecule has 30 heavy (non-hydrogen) atoms. The van der Waals surface area contributed by atoms with E-state index in [0.29, 0.717) is 13.0 Å². The molecule has 1 aliphatic heterocycles. The summed E-state index contributed by atoms with van der Waals surface area (Å²) in [5, 5.41) is 0. The average Bonchev–Trinajstić information content (AvgIpc) is 2.89. The second-order valence-corrected chi connectivity index (χ2v) is 9.32. The van der Waals surface area contributed by atoms with Crippen LogP contribution in [0.5, 0.6) is 5.75 Å². The summed E-state index contributed by atoms with van der Waals surface area (Å²) in [6, 6.07) is 12.5. The predicted octanol–water partition coefficient (Wildman–Crippen LogP) is 4.44. The van der Waals surface area contributed by atoms with Gasteiger partial charge in [0.15, 0.2) is 0 Å². The molecule has 1 heterocycles. The van der Waals surface area contributed by atoms with Gasteiger partial charge in [-0.15, -0.1) is 13.2 Å². The number of aryl methyl sites for hydroxylation is 1. The largest absolute Gasteiger partial charge is 0.573 e. The lowest BCUT2D eigenvalue weighted by atomic mass is 10.1. The summed E-state index contributed by atoms with van der Waals surface area (Å²) < 4.78 is 67.2. The van der Waals surface area contributed by atoms with Gasteiger partial charge in [0.25, 0.3) is 0 Å². The van der Waals surface area contributed by atoms with Crippen LogP contribution in [0.4, 0.5) is 18.9 Å². The number of nitrogens with zero attached hydrogens (tertiary/aromatic N) is 2. The van der Waals surface area contributed by atoms with E-state index in [1.54, 1.807) is 0 Å². The van der Waals surface area contributed by atoms with Crippen molar-refractivity contribution < 1.29 is 26.3 Å². The number of benzene rings is 2. The van der Waals surface area contributed by atoms with Crippen molar-refractivity contribution in [2.24, 2.45) is 0 Å². The standard InChI is InChI=1S/C21H25F3N2O3S/c1-25(30(27,28)19-12-10-18(11-13-19)29-21(22,23)24)14-6-16-26-15-5-4-8-17-7-2-3-9-20(17)26/h2-3,7,9-13H,4-6,8,14-16H2,1H3. The number of para-hydroxylation sites is 1. The molecule has 0 aromatic heterocycles. The first-order valence-electron chi connectivity index (χ1n) is 9.82. The first kappa shape index (κ1) is 22.4. The van der Waals surface area contributed by atoms with Crippen LogP contribution in [0.1, 0.15) is 24.8 Å². The Morgan fingerprint density at radius 1 is 1.07 bits per heavy atom. The molecular weight excluding hydrogens is 417 g/mol. The zero-order valence-corrected chi connectivity index (χ0v) is 17.5. The lowest BCUT2D eigenvalue weighted by Crippen LogP contribution is -2.32. The quantitative estimate of drug-likeness (QED) is 0.636. The monoisotopic (exact) mass is 442 g/mol. The molecule has 0 saturated carbocycles. The highest BCUT2D eigenvalue weighted by Gasteiger charge is 2.31. The Morgan fingerprint density at radius 3 is 2.47 bits per heavy atom. The van der Waals surface area contributed by atoms with Crippen LogP contribution in [0, 0.1) is 0 Å². The van der Waals surface area contributed by atoms with E-state index in [1.807, 2.05) is 12.1 Å². The molecule has 3 rings (SSSR count). The van der Waals surface area contributed by atoms with Crippen LogP contribution >= 0.6 is 0 Å². The number of alkyl halides is 3. The summed E-state index contributed by atoms with van der Waals surface area (Å²) >= 11 is 0. The number of ether oxygens (including phenoxy) is 1. The van der Waals surface area contributed by atoms with Gasteiger partial charge in [-0.05, 0) is 61.6 Å². The zero-order chi connectivity index (χ0) is 21.8. The van der Waals surface area contributed by atoms with Crippen molar-refractivity contribution in [3.8, 4) is 5.75 Å². The zero-order valence-electron chi connectivity index (χ0n) is 16.7. The SMILES string of the molecule is CN(CCCN1CCCCc2ccccc21)S(=O)(=O)c1ccc(OC(F)(F)F)cc1. The van der Waals surface area contributed by atoms with Crippen molar-refractivity contribution in [2.75, 3.05) is 31.6 Å². The van der Waals surface area contributed by atoms with Crippen LogP contribution in [-0.4, -0.2) is 45.8 Å². The fraction of sp³-hybridized carbons (Fsp3) is 0.429. The number of hydrogen-bond donors (Lipinski definition) is 0. The van der Waals surface area contributed by atoms with E-state index in [2.05, 4.69) is 21.8 Å². The van der Waals surface area contributed by atoms with E-state index in [1.165, 1.54) is 22.6 Å². The van der Waals surface area contributed by atoms with Crippen molar-refractivity contribution in [1.82, 2.24) is 4.31 Å². The van der Waals surface area contributed by atoms with Gasteiger partial charge in [-0.2, -0.15) is 0 Å². The van der Waals surface area contributed by atoms with Crippen LogP contribution in [0.15, 0.2) is 53.4 Å². The van der Waals surface area contributed by atoms with Crippen LogP contribution < -0.4 is 9.64 Å². The normalized spacial score (nSPS) is 15.0. The average molecular weight is 443 g/mol. The van der Waals surface area contributed by atoms with Gasteiger partial charge in [0.2, 0.25) is 10.0 Å². The molecular formula is C21H25F3N2O3S. The highest BCUT2D eigenvalue weighted by Crippen LogP contribution is 2.27. The van der Waals surface area contributed by atoms with Gasteiger partial charge in [-0.25, -0.2) is 12.7 Å². The van der Waals surface area contributed by atoms with Crippen molar-refractivity contribution >= 4 is 15.7 Å². The van der Waals surface area contributed by atoms with Gasteiger partial charge in [0.05, 0.1) is 4.90 Å². The minimum atomic E-state index is -4.82. The smallest absolute Gasteiger partial charge is 0.406 e. The molecule has 9 heteroatoms. The molecule has 2 aromatic carbocycles. The fourth-order valence-electron chi connectivity index (χ4n) is 3.60. The summed E-state index contributed by atoms with van der Waals surface area (Å²) in [6.45, 7) is 1.98. The van der Waals surface area contributed by atoms with E-state index < -0.39 is 22.1 Å². The van der Waals surface area contributed by atoms with Crippen molar-refractivity contribution in [2.45, 2.75) is 36.9 Å². The third-order valence-electron chi connectivity index (χ3n) is 5.12. The summed E-state index contributed by atoms with van der Waals surface area (Å²) in [5.74, 6) is -0.455. The Morgan fingerprint density at radius 2 is 1.77 bits per heavy atom. The van der Waals surface area contributed by atoms with Crippen LogP contribution in [0.3, 0.4) is 0 Å². The number of rotatable bonds is 7. The van der Waals surface area contributed by atoms with Gasteiger partial charge in [0, 0.05) is 32.4 Å². The number of fused-ring (bicyclic) bond motifs is 1. The molecule has 0 amide bonds. The van der Waals surface area contributed by atoms with Crippen molar-refractivity contribution in [1.29, 1.82) is 0 Å². The summed E-state index contributed by atoms with van der Waals surface area (Å²) in [5.41, 5.74) is 2.53. The second-order valence-electron chi connectivity index (χ2n) is 7.27. The highest BCUT2D eigenvalue weighted by molar-refractivity contribution is 7.89. The van der Waals surface area contributed by atoms with Crippen LogP contribution in [0.25, 0.3) is 0 Å². The molecule has 5 nitrogen and oxygen atoms in total. The molecule has 2 aromatic rings. The molecule has 0 bridgehead atoms. The molecule has 0 N–H and O–H groups in total. The Hall–Kier alpha value is -2.26. The summed E-state index contributed by atoms with van der Waals surface area (Å²) in [7, 11) is -2.31. The van der Waals surface area contributed by atoms with E-state index in [9.17, 15) is 21.6 Å². The number of anilines is 1. The van der Waals surface area contributed by atoms with Gasteiger partial charge in [-0.1, -0.05) is 18.2 Å². The first-order chi connectivity index (χ1) is 14.2. The summed E-state index contributed by atoms with van der Waals surface area (Å²) in [6.07, 6.45) is -0.900. The van der Waals surface area contributed by atoms with Gasteiger partial charge >= 0.3 is 6.36 Å². The van der Waals surface area contributed by atoms with Crippen molar-refractivity contribution in [3.05, 3.63) is 54.1 Å². The lowest BCUT2D eigenvalue weighted by molar-refractivity contribution is -0.274. The first-order valence-corrected chi connectivity index (χ1v) is 11.3. The Kier molecular flexibility index (Phi) is 6.92. The molecule has 0 radical (unpaired) electrons. The molecule has 164 valence electrons. The number of hydrogen-bond acceptors (Lipinski definition) is 4. The van der Waals surface area contributed by atoms with E-state index in [0.717, 1.165) is 56.6 Å². The maximum Gasteiger partial charge on any atom is 0.573 e. The van der Waals surface area contributed by atoms with Crippen LogP contribution in [0.2, 0.25) is 0 Å². The van der Waals surface area contributed by atoms with E-state index in [4.69, 9.17) is 0 Å². The van der Waals surface area contributed by atoms with Gasteiger partial charge in [-0.3, -0.25) is 0 Å². The maximum absolute atomic E-state index is 12.7. The predicted molar refractivity (Wildman–Crippen MR) is 109 cm³/mol. The fourth-order valence-corrected chi connectivity index (χ4v) is 4.81. The molecule has 0 unspecified atom stereocenters. The van der Waals surface area contributed by atoms with Gasteiger partial charge < -0.3 is 9.64 Å². The molecule has 0 fully saturated rings. The number of sulfonamides is 1. The topological polar surface area (TPSA) is 49.9 Å². The van der Waals surface area contributed by atoms with Crippen molar-refractivity contribution in [3.63, 3.8) is 0 Å².